The normalized spacial score (nSPS) is 13.9. The zero-order valence-electron chi connectivity index (χ0n) is 13.6. The second-order valence-corrected chi connectivity index (χ2v) is 5.82. The van der Waals surface area contributed by atoms with Crippen LogP contribution in [0.1, 0.15) is 75.7 Å². The molecular weight excluding hydrogens is 276 g/mol. The van der Waals surface area contributed by atoms with Crippen molar-refractivity contribution in [3.63, 3.8) is 0 Å². The van der Waals surface area contributed by atoms with Crippen LogP contribution >= 0.6 is 0 Å². The van der Waals surface area contributed by atoms with Gasteiger partial charge in [0.1, 0.15) is 11.5 Å². The van der Waals surface area contributed by atoms with Gasteiger partial charge in [-0.25, -0.2) is 0 Å². The summed E-state index contributed by atoms with van der Waals surface area (Å²) in [5, 5.41) is 0. The first-order valence-electron chi connectivity index (χ1n) is 8.38. The fraction of sp³-hybridized carbons (Fsp3) is 0.526. The van der Waals surface area contributed by atoms with Crippen molar-refractivity contribution < 1.29 is 13.6 Å². The molecule has 3 nitrogen and oxygen atoms in total. The van der Waals surface area contributed by atoms with E-state index in [-0.39, 0.29) is 17.6 Å². The van der Waals surface area contributed by atoms with Gasteiger partial charge in [-0.1, -0.05) is 39.5 Å². The quantitative estimate of drug-likeness (QED) is 0.566. The van der Waals surface area contributed by atoms with Crippen LogP contribution in [-0.2, 0) is 4.79 Å². The molecule has 0 saturated heterocycles. The van der Waals surface area contributed by atoms with Gasteiger partial charge in [0.15, 0.2) is 5.78 Å². The molecule has 22 heavy (non-hydrogen) atoms. The third kappa shape index (κ3) is 4.12. The maximum absolute atomic E-state index is 13.1. The van der Waals surface area contributed by atoms with Crippen LogP contribution in [0.25, 0.3) is 0 Å². The van der Waals surface area contributed by atoms with Crippen LogP contribution in [0.15, 0.2) is 45.6 Å². The topological polar surface area (TPSA) is 43.4 Å². The number of carbonyl (C=O) groups is 1. The summed E-state index contributed by atoms with van der Waals surface area (Å²) < 4.78 is 11.1. The highest BCUT2D eigenvalue weighted by atomic mass is 16.3. The Morgan fingerprint density at radius 2 is 1.36 bits per heavy atom. The van der Waals surface area contributed by atoms with E-state index in [9.17, 15) is 4.79 Å². The molecule has 0 aromatic carbocycles. The number of rotatable bonds is 10. The van der Waals surface area contributed by atoms with E-state index in [2.05, 4.69) is 13.8 Å². The summed E-state index contributed by atoms with van der Waals surface area (Å²) in [6.07, 6.45) is 9.17. The Morgan fingerprint density at radius 1 is 0.909 bits per heavy atom. The number of ketones is 1. The van der Waals surface area contributed by atoms with Gasteiger partial charge in [0.25, 0.3) is 0 Å². The molecule has 0 spiro atoms. The molecular formula is C19H26O3. The molecule has 2 aromatic heterocycles. The highest BCUT2D eigenvalue weighted by Crippen LogP contribution is 2.33. The maximum atomic E-state index is 13.1. The molecule has 2 unspecified atom stereocenters. The summed E-state index contributed by atoms with van der Waals surface area (Å²) in [4.78, 5) is 13.1. The largest absolute Gasteiger partial charge is 0.469 e. The number of hydrogen-bond acceptors (Lipinski definition) is 3. The van der Waals surface area contributed by atoms with Gasteiger partial charge in [-0.15, -0.1) is 0 Å². The molecule has 0 N–H and O–H groups in total. The van der Waals surface area contributed by atoms with Crippen molar-refractivity contribution in [1.29, 1.82) is 0 Å². The van der Waals surface area contributed by atoms with Crippen molar-refractivity contribution >= 4 is 5.78 Å². The molecule has 2 aromatic rings. The van der Waals surface area contributed by atoms with Crippen LogP contribution in [0.2, 0.25) is 0 Å². The van der Waals surface area contributed by atoms with E-state index in [4.69, 9.17) is 8.83 Å². The van der Waals surface area contributed by atoms with E-state index in [0.717, 1.165) is 50.0 Å². The summed E-state index contributed by atoms with van der Waals surface area (Å²) >= 11 is 0. The SMILES string of the molecule is CCCCC(C(=O)C(CCCC)c1ccco1)c1ccco1. The van der Waals surface area contributed by atoms with Crippen molar-refractivity contribution in [1.82, 2.24) is 0 Å². The van der Waals surface area contributed by atoms with Crippen molar-refractivity contribution in [3.05, 3.63) is 48.3 Å². The maximum Gasteiger partial charge on any atom is 0.154 e. The molecule has 120 valence electrons. The monoisotopic (exact) mass is 302 g/mol. The van der Waals surface area contributed by atoms with Gasteiger partial charge in [0.2, 0.25) is 0 Å². The smallest absolute Gasteiger partial charge is 0.154 e. The zero-order valence-corrected chi connectivity index (χ0v) is 13.6. The van der Waals surface area contributed by atoms with Crippen LogP contribution < -0.4 is 0 Å². The Kier molecular flexibility index (Phi) is 6.50. The molecule has 0 amide bonds. The van der Waals surface area contributed by atoms with Gasteiger partial charge in [-0.05, 0) is 37.1 Å². The molecule has 0 fully saturated rings. The lowest BCUT2D eigenvalue weighted by Crippen LogP contribution is -2.20. The van der Waals surface area contributed by atoms with Crippen molar-refractivity contribution in [2.24, 2.45) is 0 Å². The molecule has 2 atom stereocenters. The van der Waals surface area contributed by atoms with E-state index in [1.165, 1.54) is 0 Å². The third-order valence-electron chi connectivity index (χ3n) is 4.15. The Balaban J connectivity index is 2.21. The molecule has 0 radical (unpaired) electrons. The van der Waals surface area contributed by atoms with E-state index < -0.39 is 0 Å². The van der Waals surface area contributed by atoms with E-state index in [1.807, 2.05) is 24.3 Å². The number of furan rings is 2. The lowest BCUT2D eigenvalue weighted by atomic mass is 9.83. The highest BCUT2D eigenvalue weighted by molar-refractivity contribution is 5.90. The van der Waals surface area contributed by atoms with Crippen LogP contribution in [0.3, 0.4) is 0 Å². The fourth-order valence-corrected chi connectivity index (χ4v) is 2.89. The van der Waals surface area contributed by atoms with E-state index in [1.54, 1.807) is 12.5 Å². The molecule has 0 saturated carbocycles. The lowest BCUT2D eigenvalue weighted by Gasteiger charge is -2.20. The molecule has 3 heteroatoms. The molecule has 0 aliphatic rings. The minimum Gasteiger partial charge on any atom is -0.469 e. The lowest BCUT2D eigenvalue weighted by molar-refractivity contribution is -0.123. The van der Waals surface area contributed by atoms with Crippen LogP contribution in [-0.4, -0.2) is 5.78 Å². The van der Waals surface area contributed by atoms with Crippen molar-refractivity contribution in [2.45, 2.75) is 64.2 Å². The number of carbonyl (C=O) groups excluding carboxylic acids is 1. The Morgan fingerprint density at radius 3 is 1.68 bits per heavy atom. The summed E-state index contributed by atoms with van der Waals surface area (Å²) in [5.41, 5.74) is 0. The molecule has 0 aliphatic carbocycles. The van der Waals surface area contributed by atoms with Gasteiger partial charge in [-0.2, -0.15) is 0 Å². The van der Waals surface area contributed by atoms with Gasteiger partial charge in [-0.3, -0.25) is 4.79 Å². The molecule has 2 heterocycles. The number of unbranched alkanes of at least 4 members (excludes halogenated alkanes) is 2. The second kappa shape index (κ2) is 8.62. The first kappa shape index (κ1) is 16.6. The van der Waals surface area contributed by atoms with Gasteiger partial charge in [0.05, 0.1) is 24.4 Å². The van der Waals surface area contributed by atoms with E-state index >= 15 is 0 Å². The first-order valence-corrected chi connectivity index (χ1v) is 8.38. The van der Waals surface area contributed by atoms with Crippen LogP contribution in [0.4, 0.5) is 0 Å². The number of hydrogen-bond donors (Lipinski definition) is 0. The Labute approximate surface area is 132 Å². The number of Topliss-reactive ketones (excluding diaryl/α,β-unsaturated/α-hetero) is 1. The minimum absolute atomic E-state index is 0.165. The van der Waals surface area contributed by atoms with Crippen molar-refractivity contribution in [2.75, 3.05) is 0 Å². The van der Waals surface area contributed by atoms with Gasteiger partial charge >= 0.3 is 0 Å². The highest BCUT2D eigenvalue weighted by Gasteiger charge is 2.31. The second-order valence-electron chi connectivity index (χ2n) is 5.82. The average Bonchev–Trinajstić information content (AvgIpc) is 3.21. The summed E-state index contributed by atoms with van der Waals surface area (Å²) in [5.74, 6) is 1.47. The molecule has 2 rings (SSSR count). The van der Waals surface area contributed by atoms with Crippen LogP contribution in [0, 0.1) is 0 Å². The van der Waals surface area contributed by atoms with Gasteiger partial charge in [0, 0.05) is 0 Å². The summed E-state index contributed by atoms with van der Waals surface area (Å²) in [7, 11) is 0. The minimum atomic E-state index is -0.165. The summed E-state index contributed by atoms with van der Waals surface area (Å²) in [6.45, 7) is 4.29. The molecule has 0 aliphatic heterocycles. The van der Waals surface area contributed by atoms with Crippen molar-refractivity contribution in [3.8, 4) is 0 Å². The summed E-state index contributed by atoms with van der Waals surface area (Å²) in [6, 6.07) is 7.54. The Hall–Kier alpha value is -1.77. The first-order chi connectivity index (χ1) is 10.8. The fourth-order valence-electron chi connectivity index (χ4n) is 2.89. The predicted octanol–water partition coefficient (Wildman–Crippen LogP) is 5.69. The van der Waals surface area contributed by atoms with Gasteiger partial charge < -0.3 is 8.83 Å². The molecule has 0 bridgehead atoms. The third-order valence-corrected chi connectivity index (χ3v) is 4.15. The zero-order chi connectivity index (χ0) is 15.8. The predicted molar refractivity (Wildman–Crippen MR) is 87.0 cm³/mol. The van der Waals surface area contributed by atoms with E-state index in [0.29, 0.717) is 0 Å². The van der Waals surface area contributed by atoms with Crippen LogP contribution in [0.5, 0.6) is 0 Å². The average molecular weight is 302 g/mol. The standard InChI is InChI=1S/C19H26O3/c1-3-5-9-15(17-11-7-13-21-17)19(20)16(10-6-4-2)18-12-8-14-22-18/h7-8,11-16H,3-6,9-10H2,1-2H3. The Bertz CT molecular complexity index is 477.